The molecule has 18 heavy (non-hydrogen) atoms. The van der Waals surface area contributed by atoms with Crippen molar-refractivity contribution in [2.45, 2.75) is 0 Å². The molecule has 0 amide bonds. The molecular weight excluding hydrogens is 232 g/mol. The van der Waals surface area contributed by atoms with Crippen LogP contribution >= 0.6 is 0 Å². The van der Waals surface area contributed by atoms with Crippen molar-refractivity contribution in [1.82, 2.24) is 20.2 Å². The Labute approximate surface area is 102 Å². The Hall–Kier alpha value is -2.76. The van der Waals surface area contributed by atoms with Crippen LogP contribution in [0.15, 0.2) is 53.5 Å². The van der Waals surface area contributed by atoms with Crippen LogP contribution in [0.1, 0.15) is 0 Å². The topological polar surface area (TPSA) is 73.9 Å². The minimum absolute atomic E-state index is 0.308. The van der Waals surface area contributed by atoms with Crippen LogP contribution < -0.4 is 4.74 Å². The summed E-state index contributed by atoms with van der Waals surface area (Å²) in [5.74, 6) is 1.11. The van der Waals surface area contributed by atoms with Gasteiger partial charge in [-0.2, -0.15) is 0 Å². The smallest absolute Gasteiger partial charge is 0.321 e. The molecule has 6 heteroatoms. The molecule has 3 rings (SSSR count). The highest BCUT2D eigenvalue weighted by molar-refractivity contribution is 5.53. The zero-order valence-electron chi connectivity index (χ0n) is 9.22. The minimum Gasteiger partial charge on any atom is -0.424 e. The van der Waals surface area contributed by atoms with Gasteiger partial charge in [0.1, 0.15) is 5.75 Å². The van der Waals surface area contributed by atoms with Crippen molar-refractivity contribution < 1.29 is 9.15 Å². The summed E-state index contributed by atoms with van der Waals surface area (Å²) < 4.78 is 10.6. The summed E-state index contributed by atoms with van der Waals surface area (Å²) in [5, 5.41) is 7.44. The first-order chi connectivity index (χ1) is 8.92. The fourth-order valence-corrected chi connectivity index (χ4v) is 1.41. The third-order valence-electron chi connectivity index (χ3n) is 2.21. The van der Waals surface area contributed by atoms with Gasteiger partial charge >= 0.3 is 6.01 Å². The van der Waals surface area contributed by atoms with E-state index in [1.807, 2.05) is 12.1 Å². The Kier molecular flexibility index (Phi) is 2.67. The molecule has 6 nitrogen and oxygen atoms in total. The summed E-state index contributed by atoms with van der Waals surface area (Å²) >= 11 is 0. The number of ether oxygens (including phenoxy) is 1. The molecule has 0 aliphatic carbocycles. The van der Waals surface area contributed by atoms with Gasteiger partial charge in [-0.1, -0.05) is 0 Å². The standard InChI is InChI=1S/C12H8N4O2/c1-6-13-12(14-7-1)18-10-4-2-9(3-5-10)11-16-15-8-17-11/h1-8H. The number of benzene rings is 1. The molecule has 0 aliphatic heterocycles. The van der Waals surface area contributed by atoms with Gasteiger partial charge in [-0.05, 0) is 30.3 Å². The second-order valence-corrected chi connectivity index (χ2v) is 3.40. The summed E-state index contributed by atoms with van der Waals surface area (Å²) in [5.41, 5.74) is 0.828. The molecule has 0 radical (unpaired) electrons. The van der Waals surface area contributed by atoms with Crippen molar-refractivity contribution >= 4 is 0 Å². The molecular formula is C12H8N4O2. The van der Waals surface area contributed by atoms with Crippen LogP contribution in [0.2, 0.25) is 0 Å². The monoisotopic (exact) mass is 240 g/mol. The predicted octanol–water partition coefficient (Wildman–Crippen LogP) is 2.32. The van der Waals surface area contributed by atoms with E-state index in [9.17, 15) is 0 Å². The fraction of sp³-hybridized carbons (Fsp3) is 0. The van der Waals surface area contributed by atoms with Gasteiger partial charge in [0.2, 0.25) is 12.3 Å². The molecule has 2 heterocycles. The molecule has 0 unspecified atom stereocenters. The Morgan fingerprint density at radius 1 is 1.00 bits per heavy atom. The van der Waals surface area contributed by atoms with E-state index >= 15 is 0 Å². The molecule has 3 aromatic rings. The minimum atomic E-state index is 0.308. The molecule has 0 fully saturated rings. The van der Waals surface area contributed by atoms with E-state index in [1.165, 1.54) is 6.39 Å². The van der Waals surface area contributed by atoms with Crippen molar-refractivity contribution in [3.05, 3.63) is 49.1 Å². The third kappa shape index (κ3) is 2.17. The molecule has 0 N–H and O–H groups in total. The van der Waals surface area contributed by atoms with Crippen LogP contribution in [0.5, 0.6) is 11.8 Å². The molecule has 0 saturated heterocycles. The molecule has 0 bridgehead atoms. The second-order valence-electron chi connectivity index (χ2n) is 3.40. The SMILES string of the molecule is c1cnc(Oc2ccc(-c3nnco3)cc2)nc1. The lowest BCUT2D eigenvalue weighted by atomic mass is 10.2. The lowest BCUT2D eigenvalue weighted by molar-refractivity contribution is 0.442. The number of hydrogen-bond donors (Lipinski definition) is 0. The van der Waals surface area contributed by atoms with E-state index in [4.69, 9.17) is 9.15 Å². The normalized spacial score (nSPS) is 10.2. The first-order valence-corrected chi connectivity index (χ1v) is 5.23. The first-order valence-electron chi connectivity index (χ1n) is 5.23. The predicted molar refractivity (Wildman–Crippen MR) is 61.8 cm³/mol. The molecule has 2 aromatic heterocycles. The van der Waals surface area contributed by atoms with Gasteiger partial charge in [0.15, 0.2) is 0 Å². The number of rotatable bonds is 3. The van der Waals surface area contributed by atoms with Crippen LogP contribution in [-0.2, 0) is 0 Å². The lowest BCUT2D eigenvalue weighted by Gasteiger charge is -2.02. The van der Waals surface area contributed by atoms with E-state index in [0.29, 0.717) is 17.7 Å². The largest absolute Gasteiger partial charge is 0.424 e. The highest BCUT2D eigenvalue weighted by Gasteiger charge is 2.04. The molecule has 0 atom stereocenters. The summed E-state index contributed by atoms with van der Waals surface area (Å²) in [6.07, 6.45) is 4.53. The van der Waals surface area contributed by atoms with Gasteiger partial charge < -0.3 is 9.15 Å². The molecule has 0 aliphatic rings. The van der Waals surface area contributed by atoms with Crippen molar-refractivity contribution in [1.29, 1.82) is 0 Å². The Morgan fingerprint density at radius 3 is 2.44 bits per heavy atom. The number of hydrogen-bond acceptors (Lipinski definition) is 6. The van der Waals surface area contributed by atoms with E-state index in [2.05, 4.69) is 20.2 Å². The van der Waals surface area contributed by atoms with E-state index in [-0.39, 0.29) is 0 Å². The molecule has 88 valence electrons. The summed E-state index contributed by atoms with van der Waals surface area (Å²) in [7, 11) is 0. The van der Waals surface area contributed by atoms with Gasteiger partial charge in [-0.15, -0.1) is 10.2 Å². The van der Waals surface area contributed by atoms with Crippen molar-refractivity contribution in [2.75, 3.05) is 0 Å². The van der Waals surface area contributed by atoms with E-state index < -0.39 is 0 Å². The van der Waals surface area contributed by atoms with Crippen LogP contribution in [0.25, 0.3) is 11.5 Å². The molecule has 1 aromatic carbocycles. The second kappa shape index (κ2) is 4.62. The number of aromatic nitrogens is 4. The molecule has 0 spiro atoms. The zero-order chi connectivity index (χ0) is 12.2. The first kappa shape index (κ1) is 10.4. The Morgan fingerprint density at radius 2 is 1.78 bits per heavy atom. The van der Waals surface area contributed by atoms with Crippen LogP contribution in [-0.4, -0.2) is 20.2 Å². The molecule has 0 saturated carbocycles. The summed E-state index contributed by atoms with van der Waals surface area (Å²) in [6, 6.07) is 9.26. The van der Waals surface area contributed by atoms with Crippen LogP contribution in [0.4, 0.5) is 0 Å². The Balaban J connectivity index is 1.80. The maximum absolute atomic E-state index is 5.46. The van der Waals surface area contributed by atoms with E-state index in [0.717, 1.165) is 5.56 Å². The third-order valence-corrected chi connectivity index (χ3v) is 2.21. The van der Waals surface area contributed by atoms with Crippen LogP contribution in [0.3, 0.4) is 0 Å². The maximum Gasteiger partial charge on any atom is 0.321 e. The zero-order valence-corrected chi connectivity index (χ0v) is 9.22. The lowest BCUT2D eigenvalue weighted by Crippen LogP contribution is -1.89. The average molecular weight is 240 g/mol. The van der Waals surface area contributed by atoms with Crippen molar-refractivity contribution in [3.8, 4) is 23.2 Å². The fourth-order valence-electron chi connectivity index (χ4n) is 1.41. The van der Waals surface area contributed by atoms with Crippen molar-refractivity contribution in [2.24, 2.45) is 0 Å². The Bertz CT molecular complexity index is 608. The van der Waals surface area contributed by atoms with E-state index in [1.54, 1.807) is 30.6 Å². The van der Waals surface area contributed by atoms with Crippen LogP contribution in [0, 0.1) is 0 Å². The highest BCUT2D eigenvalue weighted by Crippen LogP contribution is 2.22. The highest BCUT2D eigenvalue weighted by atomic mass is 16.5. The van der Waals surface area contributed by atoms with Gasteiger partial charge in [-0.25, -0.2) is 9.97 Å². The summed E-state index contributed by atoms with van der Waals surface area (Å²) in [6.45, 7) is 0. The van der Waals surface area contributed by atoms with Crippen molar-refractivity contribution in [3.63, 3.8) is 0 Å². The van der Waals surface area contributed by atoms with Gasteiger partial charge in [-0.3, -0.25) is 0 Å². The quantitative estimate of drug-likeness (QED) is 0.699. The summed E-state index contributed by atoms with van der Waals surface area (Å²) in [4.78, 5) is 7.94. The van der Waals surface area contributed by atoms with Gasteiger partial charge in [0.05, 0.1) is 0 Å². The average Bonchev–Trinajstić information content (AvgIpc) is 2.95. The van der Waals surface area contributed by atoms with Gasteiger partial charge in [0, 0.05) is 18.0 Å². The number of nitrogens with zero attached hydrogens (tertiary/aromatic N) is 4. The maximum atomic E-state index is 5.46. The van der Waals surface area contributed by atoms with Gasteiger partial charge in [0.25, 0.3) is 0 Å².